The fourth-order valence-corrected chi connectivity index (χ4v) is 0.671. The van der Waals surface area contributed by atoms with Crippen molar-refractivity contribution in [3.05, 3.63) is 0 Å². The number of carboxylic acid groups (broad SMARTS) is 2. The summed E-state index contributed by atoms with van der Waals surface area (Å²) in [7, 11) is 0. The topological polar surface area (TPSA) is 60.8 Å². The first kappa shape index (κ1) is 18.6. The Bertz CT molecular complexity index is 87.1. The molecule has 0 atom stereocenters. The Kier molecular flexibility index (Phi) is 22.3. The molecular formula is C7H18KNO3. The van der Waals surface area contributed by atoms with Gasteiger partial charge in [0.15, 0.2) is 0 Å². The Morgan fingerprint density at radius 1 is 1.08 bits per heavy atom. The van der Waals surface area contributed by atoms with Crippen molar-refractivity contribution in [3.63, 3.8) is 0 Å². The standard InChI is InChI=1S/C6H15N.CH2O3.K.H/c1-4-7(5-2)6-3;2-1(3)4;;/h4-6H2,1-3H3;(H2,2,3,4);;. The molecule has 4 nitrogen and oxygen atoms in total. The summed E-state index contributed by atoms with van der Waals surface area (Å²) < 4.78 is 0. The van der Waals surface area contributed by atoms with E-state index < -0.39 is 6.16 Å². The zero-order chi connectivity index (χ0) is 9.28. The third kappa shape index (κ3) is 22.4. The molecule has 0 aromatic rings. The normalized spacial score (nSPS) is 8.00. The summed E-state index contributed by atoms with van der Waals surface area (Å²) in [5.74, 6) is 0. The molecule has 2 N–H and O–H groups in total. The van der Waals surface area contributed by atoms with Crippen LogP contribution in [0.4, 0.5) is 4.79 Å². The van der Waals surface area contributed by atoms with E-state index in [4.69, 9.17) is 15.0 Å². The van der Waals surface area contributed by atoms with E-state index in [1.54, 1.807) is 0 Å². The molecule has 0 bridgehead atoms. The van der Waals surface area contributed by atoms with E-state index in [2.05, 4.69) is 25.7 Å². The van der Waals surface area contributed by atoms with E-state index in [0.29, 0.717) is 0 Å². The number of nitrogens with zero attached hydrogens (tertiary/aromatic N) is 1. The molecule has 0 spiro atoms. The van der Waals surface area contributed by atoms with Gasteiger partial charge in [0.1, 0.15) is 0 Å². The van der Waals surface area contributed by atoms with Gasteiger partial charge < -0.3 is 15.1 Å². The van der Waals surface area contributed by atoms with Gasteiger partial charge in [0.2, 0.25) is 0 Å². The Morgan fingerprint density at radius 2 is 1.25 bits per heavy atom. The van der Waals surface area contributed by atoms with Crippen LogP contribution in [0.15, 0.2) is 0 Å². The minimum atomic E-state index is -1.83. The number of hydrogen-bond donors (Lipinski definition) is 2. The van der Waals surface area contributed by atoms with Crippen LogP contribution in [0.2, 0.25) is 0 Å². The molecule has 0 rings (SSSR count). The average Bonchev–Trinajstić information content (AvgIpc) is 1.90. The van der Waals surface area contributed by atoms with E-state index in [9.17, 15) is 0 Å². The van der Waals surface area contributed by atoms with Crippen LogP contribution in [-0.2, 0) is 0 Å². The molecule has 0 amide bonds. The molecule has 0 heterocycles. The Labute approximate surface area is 116 Å². The molecule has 0 fully saturated rings. The van der Waals surface area contributed by atoms with Crippen molar-refractivity contribution in [1.29, 1.82) is 0 Å². The number of carbonyl (C=O) groups is 1. The summed E-state index contributed by atoms with van der Waals surface area (Å²) in [6, 6.07) is 0. The second kappa shape index (κ2) is 14.4. The van der Waals surface area contributed by atoms with Crippen LogP contribution in [0.25, 0.3) is 0 Å². The average molecular weight is 203 g/mol. The Balaban J connectivity index is -0.000000142. The third-order valence-corrected chi connectivity index (χ3v) is 1.34. The number of rotatable bonds is 3. The van der Waals surface area contributed by atoms with Crippen LogP contribution in [0.3, 0.4) is 0 Å². The maximum atomic E-state index is 8.56. The fraction of sp³-hybridized carbons (Fsp3) is 0.857. The third-order valence-electron chi connectivity index (χ3n) is 1.34. The first-order valence-electron chi connectivity index (χ1n) is 3.72. The van der Waals surface area contributed by atoms with E-state index in [0.717, 1.165) is 0 Å². The van der Waals surface area contributed by atoms with E-state index in [-0.39, 0.29) is 51.4 Å². The molecule has 5 heteroatoms. The van der Waals surface area contributed by atoms with Crippen LogP contribution in [0.5, 0.6) is 0 Å². The Hall–Kier alpha value is 0.866. The Morgan fingerprint density at radius 3 is 1.25 bits per heavy atom. The molecule has 70 valence electrons. The van der Waals surface area contributed by atoms with Gasteiger partial charge >= 0.3 is 57.5 Å². The predicted molar refractivity (Wildman–Crippen MR) is 51.3 cm³/mol. The molecular weight excluding hydrogens is 185 g/mol. The van der Waals surface area contributed by atoms with Gasteiger partial charge in [0.05, 0.1) is 0 Å². The van der Waals surface area contributed by atoms with Crippen LogP contribution < -0.4 is 0 Å². The maximum absolute atomic E-state index is 8.56. The van der Waals surface area contributed by atoms with Crippen molar-refractivity contribution in [1.82, 2.24) is 4.90 Å². The number of hydrogen-bond acceptors (Lipinski definition) is 2. The monoisotopic (exact) mass is 203 g/mol. The van der Waals surface area contributed by atoms with Crippen LogP contribution >= 0.6 is 0 Å². The summed E-state index contributed by atoms with van der Waals surface area (Å²) in [5.41, 5.74) is 0. The summed E-state index contributed by atoms with van der Waals surface area (Å²) >= 11 is 0. The zero-order valence-electron chi connectivity index (χ0n) is 7.37. The molecule has 0 aromatic heterocycles. The molecule has 0 saturated heterocycles. The molecule has 12 heavy (non-hydrogen) atoms. The minimum absolute atomic E-state index is 0. The van der Waals surface area contributed by atoms with Gasteiger partial charge in [-0.1, -0.05) is 20.8 Å². The zero-order valence-corrected chi connectivity index (χ0v) is 7.37. The van der Waals surface area contributed by atoms with Gasteiger partial charge in [0.25, 0.3) is 0 Å². The van der Waals surface area contributed by atoms with Crippen molar-refractivity contribution in [3.8, 4) is 0 Å². The van der Waals surface area contributed by atoms with E-state index in [1.807, 2.05) is 0 Å². The van der Waals surface area contributed by atoms with Gasteiger partial charge in [0, 0.05) is 0 Å². The molecule has 0 aliphatic rings. The van der Waals surface area contributed by atoms with Gasteiger partial charge in [-0.3, -0.25) is 0 Å². The van der Waals surface area contributed by atoms with Gasteiger partial charge in [-0.25, -0.2) is 4.79 Å². The fourth-order valence-electron chi connectivity index (χ4n) is 0.671. The van der Waals surface area contributed by atoms with Gasteiger partial charge in [-0.05, 0) is 19.6 Å². The van der Waals surface area contributed by atoms with Crippen molar-refractivity contribution in [2.45, 2.75) is 20.8 Å². The quantitative estimate of drug-likeness (QED) is 0.670. The summed E-state index contributed by atoms with van der Waals surface area (Å²) in [6.45, 7) is 10.1. The first-order chi connectivity index (χ1) is 5.08. The second-order valence-corrected chi connectivity index (χ2v) is 1.90. The van der Waals surface area contributed by atoms with Crippen molar-refractivity contribution in [2.75, 3.05) is 19.6 Å². The van der Waals surface area contributed by atoms with Crippen LogP contribution in [0, 0.1) is 0 Å². The molecule has 0 aliphatic carbocycles. The molecule has 0 aromatic carbocycles. The van der Waals surface area contributed by atoms with Crippen molar-refractivity contribution < 1.29 is 15.0 Å². The van der Waals surface area contributed by atoms with Crippen LogP contribution in [-0.4, -0.2) is 92.3 Å². The predicted octanol–water partition coefficient (Wildman–Crippen LogP) is 0.922. The van der Waals surface area contributed by atoms with Crippen LogP contribution in [0.1, 0.15) is 20.8 Å². The van der Waals surface area contributed by atoms with Gasteiger partial charge in [-0.15, -0.1) is 0 Å². The van der Waals surface area contributed by atoms with E-state index >= 15 is 0 Å². The van der Waals surface area contributed by atoms with Crippen molar-refractivity contribution in [2.24, 2.45) is 0 Å². The van der Waals surface area contributed by atoms with Gasteiger partial charge in [-0.2, -0.15) is 0 Å². The summed E-state index contributed by atoms with van der Waals surface area (Å²) in [5, 5.41) is 13.9. The SMILES string of the molecule is CCN(CC)CC.O=C(O)O.[KH]. The van der Waals surface area contributed by atoms with Crippen molar-refractivity contribution >= 4 is 57.5 Å². The van der Waals surface area contributed by atoms with E-state index in [1.165, 1.54) is 19.6 Å². The molecule has 0 radical (unpaired) electrons. The summed E-state index contributed by atoms with van der Waals surface area (Å²) in [6.07, 6.45) is -1.83. The first-order valence-corrected chi connectivity index (χ1v) is 3.72. The molecule has 0 aliphatic heterocycles. The second-order valence-electron chi connectivity index (χ2n) is 1.90. The molecule has 0 saturated carbocycles. The summed E-state index contributed by atoms with van der Waals surface area (Å²) in [4.78, 5) is 10.9. The molecule has 0 unspecified atom stereocenters.